The average molecular weight is 251 g/mol. The van der Waals surface area contributed by atoms with Crippen molar-refractivity contribution in [1.82, 2.24) is 20.0 Å². The second-order valence-electron chi connectivity index (χ2n) is 4.02. The molecular formula is C14H13N5. The van der Waals surface area contributed by atoms with Crippen LogP contribution in [0.25, 0.3) is 17.1 Å². The number of hydrogen-bond acceptors (Lipinski definition) is 4. The van der Waals surface area contributed by atoms with Gasteiger partial charge >= 0.3 is 0 Å². The molecule has 3 aromatic rings. The number of anilines is 1. The van der Waals surface area contributed by atoms with Gasteiger partial charge in [0.05, 0.1) is 17.6 Å². The van der Waals surface area contributed by atoms with E-state index in [9.17, 15) is 0 Å². The molecule has 19 heavy (non-hydrogen) atoms. The van der Waals surface area contributed by atoms with Crippen LogP contribution in [0.5, 0.6) is 0 Å². The molecule has 0 amide bonds. The maximum atomic E-state index is 4.34. The zero-order valence-corrected chi connectivity index (χ0v) is 10.5. The molecule has 0 spiro atoms. The van der Waals surface area contributed by atoms with Gasteiger partial charge in [0.25, 0.3) is 0 Å². The maximum absolute atomic E-state index is 4.34. The number of nitrogens with zero attached hydrogens (tertiary/aromatic N) is 4. The molecule has 3 rings (SSSR count). The van der Waals surface area contributed by atoms with Crippen molar-refractivity contribution in [3.63, 3.8) is 0 Å². The maximum Gasteiger partial charge on any atom is 0.148 e. The molecule has 2 aromatic heterocycles. The van der Waals surface area contributed by atoms with Crippen LogP contribution in [0.4, 0.5) is 5.82 Å². The molecular weight excluding hydrogens is 238 g/mol. The van der Waals surface area contributed by atoms with Crippen molar-refractivity contribution in [1.29, 1.82) is 0 Å². The van der Waals surface area contributed by atoms with Gasteiger partial charge in [0.1, 0.15) is 11.5 Å². The van der Waals surface area contributed by atoms with E-state index in [1.807, 2.05) is 60.3 Å². The Morgan fingerprint density at radius 3 is 2.47 bits per heavy atom. The van der Waals surface area contributed by atoms with E-state index in [-0.39, 0.29) is 0 Å². The molecule has 0 aliphatic heterocycles. The van der Waals surface area contributed by atoms with Crippen molar-refractivity contribution >= 4 is 5.82 Å². The Morgan fingerprint density at radius 1 is 0.947 bits per heavy atom. The van der Waals surface area contributed by atoms with Gasteiger partial charge in [0.15, 0.2) is 0 Å². The van der Waals surface area contributed by atoms with Crippen LogP contribution in [0.3, 0.4) is 0 Å². The minimum atomic E-state index is 0.745. The second-order valence-corrected chi connectivity index (χ2v) is 4.02. The third-order valence-electron chi connectivity index (χ3n) is 2.83. The Hall–Kier alpha value is -2.69. The smallest absolute Gasteiger partial charge is 0.148 e. The van der Waals surface area contributed by atoms with Crippen LogP contribution < -0.4 is 5.32 Å². The lowest BCUT2D eigenvalue weighted by atomic mass is 10.2. The van der Waals surface area contributed by atoms with Crippen LogP contribution in [-0.2, 0) is 0 Å². The van der Waals surface area contributed by atoms with Crippen LogP contribution in [0.15, 0.2) is 54.7 Å². The molecule has 94 valence electrons. The first-order chi connectivity index (χ1) is 9.38. The molecule has 0 atom stereocenters. The van der Waals surface area contributed by atoms with Crippen LogP contribution >= 0.6 is 0 Å². The number of aromatic nitrogens is 4. The van der Waals surface area contributed by atoms with E-state index in [1.54, 1.807) is 6.20 Å². The summed E-state index contributed by atoms with van der Waals surface area (Å²) in [6.45, 7) is 0. The number of rotatable bonds is 3. The molecule has 2 heterocycles. The van der Waals surface area contributed by atoms with Crippen molar-refractivity contribution in [3.8, 4) is 17.1 Å². The van der Waals surface area contributed by atoms with E-state index in [1.165, 1.54) is 0 Å². The lowest BCUT2D eigenvalue weighted by Gasteiger charge is -2.06. The normalized spacial score (nSPS) is 10.4. The van der Waals surface area contributed by atoms with Crippen molar-refractivity contribution in [2.45, 2.75) is 0 Å². The Kier molecular flexibility index (Phi) is 2.94. The summed E-state index contributed by atoms with van der Waals surface area (Å²) in [5, 5.41) is 15.6. The van der Waals surface area contributed by atoms with Crippen molar-refractivity contribution < 1.29 is 0 Å². The van der Waals surface area contributed by atoms with Gasteiger partial charge in [-0.25, -0.2) is 4.68 Å². The fraction of sp³-hybridized carbons (Fsp3) is 0.0714. The zero-order chi connectivity index (χ0) is 13.1. The molecule has 1 N–H and O–H groups in total. The summed E-state index contributed by atoms with van der Waals surface area (Å²) in [7, 11) is 1.82. The summed E-state index contributed by atoms with van der Waals surface area (Å²) in [5.41, 5.74) is 2.71. The lowest BCUT2D eigenvalue weighted by molar-refractivity contribution is 0.878. The SMILES string of the molecule is CNc1ccc(-c2ccnn2-c2ccccc2)nn1. The summed E-state index contributed by atoms with van der Waals surface area (Å²) < 4.78 is 1.85. The fourth-order valence-electron chi connectivity index (χ4n) is 1.87. The van der Waals surface area contributed by atoms with Crippen LogP contribution in [0, 0.1) is 0 Å². The highest BCUT2D eigenvalue weighted by Crippen LogP contribution is 2.20. The first-order valence-electron chi connectivity index (χ1n) is 6.00. The molecule has 0 fully saturated rings. The van der Waals surface area contributed by atoms with E-state index in [0.29, 0.717) is 0 Å². The summed E-state index contributed by atoms with van der Waals surface area (Å²) in [6.07, 6.45) is 1.76. The molecule has 1 aromatic carbocycles. The van der Waals surface area contributed by atoms with Gasteiger partial charge in [0.2, 0.25) is 0 Å². The van der Waals surface area contributed by atoms with E-state index in [0.717, 1.165) is 22.9 Å². The fourth-order valence-corrected chi connectivity index (χ4v) is 1.87. The largest absolute Gasteiger partial charge is 0.372 e. The first kappa shape index (κ1) is 11.4. The molecule has 0 bridgehead atoms. The molecule has 5 nitrogen and oxygen atoms in total. The minimum absolute atomic E-state index is 0.745. The van der Waals surface area contributed by atoms with Gasteiger partial charge < -0.3 is 5.32 Å². The van der Waals surface area contributed by atoms with Crippen molar-refractivity contribution in [3.05, 3.63) is 54.7 Å². The molecule has 0 unspecified atom stereocenters. The minimum Gasteiger partial charge on any atom is -0.372 e. The van der Waals surface area contributed by atoms with E-state index >= 15 is 0 Å². The highest BCUT2D eigenvalue weighted by atomic mass is 15.3. The molecule has 0 radical (unpaired) electrons. The van der Waals surface area contributed by atoms with Gasteiger partial charge in [-0.3, -0.25) is 0 Å². The number of benzene rings is 1. The van der Waals surface area contributed by atoms with Crippen molar-refractivity contribution in [2.75, 3.05) is 12.4 Å². The highest BCUT2D eigenvalue weighted by Gasteiger charge is 2.08. The quantitative estimate of drug-likeness (QED) is 0.776. The summed E-state index contributed by atoms with van der Waals surface area (Å²) in [5.74, 6) is 0.745. The summed E-state index contributed by atoms with van der Waals surface area (Å²) in [4.78, 5) is 0. The summed E-state index contributed by atoms with van der Waals surface area (Å²) >= 11 is 0. The van der Waals surface area contributed by atoms with Crippen LogP contribution in [0.2, 0.25) is 0 Å². The topological polar surface area (TPSA) is 55.6 Å². The Morgan fingerprint density at radius 2 is 1.79 bits per heavy atom. The monoisotopic (exact) mass is 251 g/mol. The van der Waals surface area contributed by atoms with Crippen molar-refractivity contribution in [2.24, 2.45) is 0 Å². The molecule has 0 saturated heterocycles. The van der Waals surface area contributed by atoms with Crippen LogP contribution in [0.1, 0.15) is 0 Å². The molecule has 0 aliphatic rings. The Bertz CT molecular complexity index is 658. The van der Waals surface area contributed by atoms with Gasteiger partial charge in [-0.1, -0.05) is 18.2 Å². The van der Waals surface area contributed by atoms with E-state index in [2.05, 4.69) is 20.6 Å². The van der Waals surface area contributed by atoms with Gasteiger partial charge in [-0.2, -0.15) is 5.10 Å². The Labute approximate surface area is 110 Å². The van der Waals surface area contributed by atoms with Gasteiger partial charge in [0, 0.05) is 7.05 Å². The zero-order valence-electron chi connectivity index (χ0n) is 10.5. The van der Waals surface area contributed by atoms with Gasteiger partial charge in [-0.05, 0) is 30.3 Å². The number of nitrogens with one attached hydrogen (secondary N) is 1. The van der Waals surface area contributed by atoms with E-state index < -0.39 is 0 Å². The highest BCUT2D eigenvalue weighted by molar-refractivity contribution is 5.58. The number of hydrogen-bond donors (Lipinski definition) is 1. The van der Waals surface area contributed by atoms with Crippen LogP contribution in [-0.4, -0.2) is 27.0 Å². The molecule has 5 heteroatoms. The van der Waals surface area contributed by atoms with E-state index in [4.69, 9.17) is 0 Å². The third-order valence-corrected chi connectivity index (χ3v) is 2.83. The predicted octanol–water partition coefficient (Wildman–Crippen LogP) is 2.37. The molecule has 0 saturated carbocycles. The average Bonchev–Trinajstić information content (AvgIpc) is 2.98. The van der Waals surface area contributed by atoms with Gasteiger partial charge in [-0.15, -0.1) is 10.2 Å². The standard InChI is InChI=1S/C14H13N5/c1-15-14-8-7-12(17-18-14)13-9-10-16-19(13)11-5-3-2-4-6-11/h2-10H,1H3,(H,15,18). The lowest BCUT2D eigenvalue weighted by Crippen LogP contribution is -2.01. The summed E-state index contributed by atoms with van der Waals surface area (Å²) in [6, 6.07) is 15.7. The first-order valence-corrected chi connectivity index (χ1v) is 6.00. The predicted molar refractivity (Wildman–Crippen MR) is 74.1 cm³/mol. The Balaban J connectivity index is 2.04. The third kappa shape index (κ3) is 2.18. The number of para-hydroxylation sites is 1. The molecule has 0 aliphatic carbocycles. The second kappa shape index (κ2) is 4.89.